The fourth-order valence-corrected chi connectivity index (χ4v) is 1.94. The van der Waals surface area contributed by atoms with Crippen molar-refractivity contribution in [3.8, 4) is 0 Å². The number of hydrogen-bond acceptors (Lipinski definition) is 4. The molecule has 1 heterocycles. The van der Waals surface area contributed by atoms with E-state index in [2.05, 4.69) is 22.5 Å². The maximum absolute atomic E-state index is 11.5. The number of carbonyl (C=O) groups excluding carboxylic acids is 1. The summed E-state index contributed by atoms with van der Waals surface area (Å²) in [5.41, 5.74) is 0. The number of amides is 1. The summed E-state index contributed by atoms with van der Waals surface area (Å²) in [6.45, 7) is 16.3. The van der Waals surface area contributed by atoms with Gasteiger partial charge in [-0.3, -0.25) is 9.69 Å². The number of rotatable bonds is 7. The molecule has 2 N–H and O–H groups in total. The van der Waals surface area contributed by atoms with Gasteiger partial charge in [-0.1, -0.05) is 34.6 Å². The van der Waals surface area contributed by atoms with Crippen LogP contribution in [0.25, 0.3) is 0 Å². The summed E-state index contributed by atoms with van der Waals surface area (Å²) in [6, 6.07) is 0. The van der Waals surface area contributed by atoms with Crippen molar-refractivity contribution in [2.75, 3.05) is 45.9 Å². The topological polar surface area (TPSA) is 53.6 Å². The molecule has 120 valence electrons. The molecule has 1 atom stereocenters. The van der Waals surface area contributed by atoms with E-state index in [1.807, 2.05) is 27.7 Å². The largest absolute Gasteiger partial charge is 0.374 e. The Morgan fingerprint density at radius 3 is 2.70 bits per heavy atom. The Kier molecular flexibility index (Phi) is 11.7. The van der Waals surface area contributed by atoms with Crippen LogP contribution in [0.2, 0.25) is 0 Å². The molecule has 0 aliphatic carbocycles. The minimum atomic E-state index is 0.0402. The molecule has 1 fully saturated rings. The van der Waals surface area contributed by atoms with E-state index in [-0.39, 0.29) is 17.9 Å². The lowest BCUT2D eigenvalue weighted by atomic mass is 10.2. The Morgan fingerprint density at radius 1 is 1.40 bits per heavy atom. The smallest absolute Gasteiger partial charge is 0.222 e. The highest BCUT2D eigenvalue weighted by Gasteiger charge is 2.20. The number of morpholine rings is 1. The van der Waals surface area contributed by atoms with Crippen LogP contribution in [0, 0.1) is 5.92 Å². The van der Waals surface area contributed by atoms with Crippen molar-refractivity contribution in [3.05, 3.63) is 0 Å². The van der Waals surface area contributed by atoms with Crippen LogP contribution < -0.4 is 10.6 Å². The molecular formula is C15H33N3O2. The molecule has 1 aliphatic rings. The van der Waals surface area contributed by atoms with Crippen LogP contribution in [0.5, 0.6) is 0 Å². The van der Waals surface area contributed by atoms with Crippen molar-refractivity contribution in [2.45, 2.75) is 40.7 Å². The summed E-state index contributed by atoms with van der Waals surface area (Å²) in [7, 11) is 0. The minimum absolute atomic E-state index is 0.0402. The van der Waals surface area contributed by atoms with Crippen molar-refractivity contribution in [1.29, 1.82) is 0 Å². The van der Waals surface area contributed by atoms with Crippen molar-refractivity contribution in [1.82, 2.24) is 15.5 Å². The Balaban J connectivity index is 0.00000172. The molecule has 1 aliphatic heterocycles. The second-order valence-electron chi connectivity index (χ2n) is 5.05. The van der Waals surface area contributed by atoms with Gasteiger partial charge in [0.2, 0.25) is 5.91 Å². The zero-order valence-corrected chi connectivity index (χ0v) is 13.9. The van der Waals surface area contributed by atoms with Crippen molar-refractivity contribution >= 4 is 5.91 Å². The molecule has 1 amide bonds. The molecule has 0 aromatic heterocycles. The molecule has 0 spiro atoms. The number of hydrogen-bond donors (Lipinski definition) is 2. The van der Waals surface area contributed by atoms with E-state index in [1.165, 1.54) is 0 Å². The van der Waals surface area contributed by atoms with E-state index in [1.54, 1.807) is 0 Å². The molecule has 0 aromatic rings. The first-order valence-electron chi connectivity index (χ1n) is 7.95. The quantitative estimate of drug-likeness (QED) is 0.689. The van der Waals surface area contributed by atoms with Crippen LogP contribution in [0.4, 0.5) is 0 Å². The zero-order valence-electron chi connectivity index (χ0n) is 13.9. The van der Waals surface area contributed by atoms with Crippen molar-refractivity contribution < 1.29 is 9.53 Å². The minimum Gasteiger partial charge on any atom is -0.374 e. The molecule has 5 nitrogen and oxygen atoms in total. The molecule has 0 saturated carbocycles. The van der Waals surface area contributed by atoms with E-state index < -0.39 is 0 Å². The van der Waals surface area contributed by atoms with Gasteiger partial charge in [0.05, 0.1) is 12.7 Å². The summed E-state index contributed by atoms with van der Waals surface area (Å²) in [5.74, 6) is 0.141. The Bertz CT molecular complexity index is 247. The van der Waals surface area contributed by atoms with Gasteiger partial charge in [0.15, 0.2) is 0 Å². The molecule has 5 heteroatoms. The first-order chi connectivity index (χ1) is 9.63. The van der Waals surface area contributed by atoms with Gasteiger partial charge in [-0.2, -0.15) is 0 Å². The maximum atomic E-state index is 11.5. The Hall–Kier alpha value is -0.650. The highest BCUT2D eigenvalue weighted by molar-refractivity contribution is 5.77. The average molecular weight is 287 g/mol. The van der Waals surface area contributed by atoms with Crippen LogP contribution >= 0.6 is 0 Å². The standard InChI is InChI=1S/C13H27N3O2.C2H6/c1-4-14-5-6-16-7-8-18-12(10-16)9-15-13(17)11(2)3;1-2/h11-12,14H,4-10H2,1-3H3,(H,15,17);1-2H3. The van der Waals surface area contributed by atoms with E-state index in [0.29, 0.717) is 6.54 Å². The van der Waals surface area contributed by atoms with Crippen LogP contribution in [-0.4, -0.2) is 62.8 Å². The van der Waals surface area contributed by atoms with Gasteiger partial charge in [-0.25, -0.2) is 0 Å². The van der Waals surface area contributed by atoms with Gasteiger partial charge in [-0.05, 0) is 6.54 Å². The molecule has 1 saturated heterocycles. The third-order valence-electron chi connectivity index (χ3n) is 3.11. The molecule has 0 radical (unpaired) electrons. The monoisotopic (exact) mass is 287 g/mol. The van der Waals surface area contributed by atoms with E-state index >= 15 is 0 Å². The average Bonchev–Trinajstić information content (AvgIpc) is 2.47. The van der Waals surface area contributed by atoms with E-state index in [0.717, 1.165) is 39.3 Å². The van der Waals surface area contributed by atoms with Crippen LogP contribution in [0.15, 0.2) is 0 Å². The van der Waals surface area contributed by atoms with Gasteiger partial charge in [-0.15, -0.1) is 0 Å². The Morgan fingerprint density at radius 2 is 2.10 bits per heavy atom. The molecule has 0 aromatic carbocycles. The summed E-state index contributed by atoms with van der Waals surface area (Å²) in [4.78, 5) is 13.9. The highest BCUT2D eigenvalue weighted by atomic mass is 16.5. The molecule has 1 rings (SSSR count). The lowest BCUT2D eigenvalue weighted by Gasteiger charge is -2.33. The van der Waals surface area contributed by atoms with Gasteiger partial charge in [0.1, 0.15) is 0 Å². The van der Waals surface area contributed by atoms with Crippen molar-refractivity contribution in [2.24, 2.45) is 5.92 Å². The predicted octanol–water partition coefficient (Wildman–Crippen LogP) is 1.10. The number of nitrogens with zero attached hydrogens (tertiary/aromatic N) is 1. The Labute approximate surface area is 124 Å². The van der Waals surface area contributed by atoms with Crippen LogP contribution in [-0.2, 0) is 9.53 Å². The number of nitrogens with one attached hydrogen (secondary N) is 2. The summed E-state index contributed by atoms with van der Waals surface area (Å²) in [6.07, 6.45) is 0.128. The first kappa shape index (κ1) is 19.4. The fourth-order valence-electron chi connectivity index (χ4n) is 1.94. The van der Waals surface area contributed by atoms with Crippen LogP contribution in [0.3, 0.4) is 0 Å². The molecule has 0 bridgehead atoms. The normalized spacial score (nSPS) is 19.4. The zero-order chi connectivity index (χ0) is 15.4. The second kappa shape index (κ2) is 12.1. The summed E-state index contributed by atoms with van der Waals surface area (Å²) < 4.78 is 5.67. The molecule has 1 unspecified atom stereocenters. The lowest BCUT2D eigenvalue weighted by molar-refractivity contribution is -0.125. The van der Waals surface area contributed by atoms with Crippen LogP contribution in [0.1, 0.15) is 34.6 Å². The van der Waals surface area contributed by atoms with Gasteiger partial charge >= 0.3 is 0 Å². The maximum Gasteiger partial charge on any atom is 0.222 e. The van der Waals surface area contributed by atoms with Gasteiger partial charge in [0, 0.05) is 38.6 Å². The van der Waals surface area contributed by atoms with E-state index in [9.17, 15) is 4.79 Å². The molecular weight excluding hydrogens is 254 g/mol. The number of ether oxygens (including phenoxy) is 1. The third-order valence-corrected chi connectivity index (χ3v) is 3.11. The summed E-state index contributed by atoms with van der Waals surface area (Å²) in [5, 5.41) is 6.26. The first-order valence-corrected chi connectivity index (χ1v) is 7.95. The fraction of sp³-hybridized carbons (Fsp3) is 0.933. The van der Waals surface area contributed by atoms with Crippen molar-refractivity contribution in [3.63, 3.8) is 0 Å². The SMILES string of the molecule is CC.CCNCCN1CCOC(CNC(=O)C(C)C)C1. The van der Waals surface area contributed by atoms with Gasteiger partial charge in [0.25, 0.3) is 0 Å². The second-order valence-corrected chi connectivity index (χ2v) is 5.05. The molecule has 20 heavy (non-hydrogen) atoms. The van der Waals surface area contributed by atoms with Gasteiger partial charge < -0.3 is 15.4 Å². The number of likely N-dealkylation sites (N-methyl/N-ethyl adjacent to an activating group) is 1. The lowest BCUT2D eigenvalue weighted by Crippen LogP contribution is -2.49. The van der Waals surface area contributed by atoms with E-state index in [4.69, 9.17) is 4.74 Å². The third kappa shape index (κ3) is 8.51. The number of carbonyl (C=O) groups is 1. The highest BCUT2D eigenvalue weighted by Crippen LogP contribution is 2.04. The predicted molar refractivity (Wildman–Crippen MR) is 83.9 cm³/mol. The summed E-state index contributed by atoms with van der Waals surface area (Å²) >= 11 is 0.